The van der Waals surface area contributed by atoms with E-state index in [9.17, 15) is 13.2 Å². The number of rotatable bonds is 6. The third kappa shape index (κ3) is 4.25. The van der Waals surface area contributed by atoms with Gasteiger partial charge in [0.25, 0.3) is 5.91 Å². The summed E-state index contributed by atoms with van der Waals surface area (Å²) in [6.07, 6.45) is 5.25. The zero-order valence-corrected chi connectivity index (χ0v) is 21.5. The second-order valence-electron chi connectivity index (χ2n) is 9.96. The lowest BCUT2D eigenvalue weighted by molar-refractivity contribution is 0.102. The van der Waals surface area contributed by atoms with Gasteiger partial charge in [0, 0.05) is 53.6 Å². The number of hydrogen-bond acceptors (Lipinski definition) is 6. The molecule has 3 heterocycles. The zero-order chi connectivity index (χ0) is 26.4. The minimum atomic E-state index is -3.40. The van der Waals surface area contributed by atoms with E-state index in [0.29, 0.717) is 30.2 Å². The molecule has 0 spiro atoms. The van der Waals surface area contributed by atoms with Crippen LogP contribution in [0.25, 0.3) is 16.8 Å². The van der Waals surface area contributed by atoms with Crippen molar-refractivity contribution in [3.63, 3.8) is 0 Å². The highest BCUT2D eigenvalue weighted by atomic mass is 32.2. The number of carbonyl (C=O) groups is 1. The van der Waals surface area contributed by atoms with Crippen molar-refractivity contribution < 1.29 is 13.2 Å². The standard InChI is InChI=1S/C28H28N6O3S/c1-2-38(36,37)33-16-21-14-20(15-22(21)17-33)27-32-24(25-26(29)30-12-13-34(25)27)18-8-10-19(11-9-18)28(35)31-23-6-4-3-5-7-23/h2-13,20-22H,1,14-17H2,(H2,29,30)(H,31,35). The van der Waals surface area contributed by atoms with Crippen molar-refractivity contribution in [2.75, 3.05) is 24.1 Å². The van der Waals surface area contributed by atoms with E-state index in [1.165, 1.54) is 4.31 Å². The molecule has 38 heavy (non-hydrogen) atoms. The Morgan fingerprint density at radius 2 is 1.74 bits per heavy atom. The van der Waals surface area contributed by atoms with Crippen LogP contribution in [0.1, 0.15) is 34.9 Å². The summed E-state index contributed by atoms with van der Waals surface area (Å²) in [6, 6.07) is 16.6. The number of nitrogen functional groups attached to an aromatic ring is 1. The largest absolute Gasteiger partial charge is 0.382 e. The predicted octanol–water partition coefficient (Wildman–Crippen LogP) is 4.13. The monoisotopic (exact) mass is 528 g/mol. The van der Waals surface area contributed by atoms with Crippen LogP contribution in [0.15, 0.2) is 79.0 Å². The molecular weight excluding hydrogens is 500 g/mol. The molecule has 1 aliphatic carbocycles. The molecule has 3 N–H and O–H groups in total. The van der Waals surface area contributed by atoms with Gasteiger partial charge < -0.3 is 11.1 Å². The van der Waals surface area contributed by atoms with E-state index >= 15 is 0 Å². The fourth-order valence-electron chi connectivity index (χ4n) is 5.86. The quantitative estimate of drug-likeness (QED) is 0.388. The summed E-state index contributed by atoms with van der Waals surface area (Å²) in [7, 11) is -3.40. The predicted molar refractivity (Wildman–Crippen MR) is 147 cm³/mol. The van der Waals surface area contributed by atoms with Gasteiger partial charge >= 0.3 is 0 Å². The molecule has 1 saturated heterocycles. The highest BCUT2D eigenvalue weighted by Gasteiger charge is 2.45. The van der Waals surface area contributed by atoms with Crippen molar-refractivity contribution in [2.24, 2.45) is 11.8 Å². The fourth-order valence-corrected chi connectivity index (χ4v) is 6.87. The van der Waals surface area contributed by atoms with Gasteiger partial charge in [0.05, 0.1) is 0 Å². The lowest BCUT2D eigenvalue weighted by atomic mass is 10.0. The Balaban J connectivity index is 1.27. The fraction of sp³-hybridized carbons (Fsp3) is 0.250. The lowest BCUT2D eigenvalue weighted by Gasteiger charge is -2.16. The number of aromatic nitrogens is 3. The van der Waals surface area contributed by atoms with E-state index in [-0.39, 0.29) is 23.7 Å². The SMILES string of the molecule is C=CS(=O)(=O)N1CC2CC(c3nc(-c4ccc(C(=O)Nc5ccccc5)cc4)c4c(N)nccn34)CC2C1. The molecule has 1 saturated carbocycles. The second kappa shape index (κ2) is 9.38. The van der Waals surface area contributed by atoms with Crippen LogP contribution < -0.4 is 11.1 Å². The number of fused-ring (bicyclic) bond motifs is 2. The molecule has 2 unspecified atom stereocenters. The Hall–Kier alpha value is -4.02. The number of anilines is 2. The zero-order valence-electron chi connectivity index (χ0n) is 20.7. The number of hydrogen-bond donors (Lipinski definition) is 2. The first-order chi connectivity index (χ1) is 18.3. The molecule has 0 bridgehead atoms. The van der Waals surface area contributed by atoms with Crippen LogP contribution in [0, 0.1) is 11.8 Å². The van der Waals surface area contributed by atoms with Gasteiger partial charge in [0.1, 0.15) is 22.9 Å². The van der Waals surface area contributed by atoms with Gasteiger partial charge in [-0.05, 0) is 48.9 Å². The summed E-state index contributed by atoms with van der Waals surface area (Å²) in [5, 5.41) is 3.93. The van der Waals surface area contributed by atoms with Gasteiger partial charge in [-0.2, -0.15) is 4.31 Å². The highest BCUT2D eigenvalue weighted by molar-refractivity contribution is 7.92. The van der Waals surface area contributed by atoms with Gasteiger partial charge in [-0.3, -0.25) is 9.20 Å². The second-order valence-corrected chi connectivity index (χ2v) is 11.8. The molecule has 4 aromatic rings. The van der Waals surface area contributed by atoms with Crippen LogP contribution in [0.5, 0.6) is 0 Å². The van der Waals surface area contributed by atoms with Gasteiger partial charge in [-0.25, -0.2) is 18.4 Å². The van der Waals surface area contributed by atoms with E-state index in [1.54, 1.807) is 18.3 Å². The van der Waals surface area contributed by atoms with Crippen molar-refractivity contribution in [3.05, 3.63) is 90.4 Å². The first-order valence-electron chi connectivity index (χ1n) is 12.6. The minimum Gasteiger partial charge on any atom is -0.382 e. The van der Waals surface area contributed by atoms with E-state index in [1.807, 2.05) is 53.1 Å². The molecule has 2 aromatic carbocycles. The summed E-state index contributed by atoms with van der Waals surface area (Å²) in [5.74, 6) is 1.84. The first kappa shape index (κ1) is 24.3. The number of nitrogens with two attached hydrogens (primary N) is 1. The molecule has 10 heteroatoms. The third-order valence-electron chi connectivity index (χ3n) is 7.72. The average Bonchev–Trinajstić information content (AvgIpc) is 3.62. The highest BCUT2D eigenvalue weighted by Crippen LogP contribution is 2.47. The van der Waals surface area contributed by atoms with E-state index in [2.05, 4.69) is 16.9 Å². The van der Waals surface area contributed by atoms with Crippen LogP contribution in [0.3, 0.4) is 0 Å². The number of carbonyl (C=O) groups excluding carboxylic acids is 1. The first-order valence-corrected chi connectivity index (χ1v) is 14.1. The summed E-state index contributed by atoms with van der Waals surface area (Å²) in [4.78, 5) is 22.0. The molecular formula is C28H28N6O3S. The molecule has 1 amide bonds. The average molecular weight is 529 g/mol. The molecule has 9 nitrogen and oxygen atoms in total. The smallest absolute Gasteiger partial charge is 0.255 e. The molecule has 0 radical (unpaired) electrons. The van der Waals surface area contributed by atoms with Crippen LogP contribution in [0.4, 0.5) is 11.5 Å². The Labute approximate surface area is 221 Å². The molecule has 2 aromatic heterocycles. The maximum absolute atomic E-state index is 12.7. The summed E-state index contributed by atoms with van der Waals surface area (Å²) in [6.45, 7) is 4.49. The number of nitrogens with one attached hydrogen (secondary N) is 1. The number of nitrogens with zero attached hydrogens (tertiary/aromatic N) is 4. The number of amides is 1. The Kier molecular flexibility index (Phi) is 6.00. The van der Waals surface area contributed by atoms with Crippen LogP contribution in [0.2, 0.25) is 0 Å². The number of sulfonamides is 1. The topological polar surface area (TPSA) is 123 Å². The molecule has 194 valence electrons. The minimum absolute atomic E-state index is 0.178. The van der Waals surface area contributed by atoms with Crippen molar-refractivity contribution >= 4 is 33.0 Å². The summed E-state index contributed by atoms with van der Waals surface area (Å²) >= 11 is 0. The van der Waals surface area contributed by atoms with Gasteiger partial charge in [-0.1, -0.05) is 36.9 Å². The van der Waals surface area contributed by atoms with Crippen LogP contribution in [-0.2, 0) is 10.0 Å². The van der Waals surface area contributed by atoms with Gasteiger partial charge in [0.15, 0.2) is 0 Å². The van der Waals surface area contributed by atoms with Crippen LogP contribution in [-0.4, -0.2) is 46.1 Å². The Bertz CT molecular complexity index is 1620. The Morgan fingerprint density at radius 1 is 1.05 bits per heavy atom. The van der Waals surface area contributed by atoms with Gasteiger partial charge in [-0.15, -0.1) is 0 Å². The van der Waals surface area contributed by atoms with Crippen LogP contribution >= 0.6 is 0 Å². The molecule has 6 rings (SSSR count). The number of para-hydroxylation sites is 1. The lowest BCUT2D eigenvalue weighted by Crippen LogP contribution is -2.28. The van der Waals surface area contributed by atoms with Crippen molar-refractivity contribution in [1.29, 1.82) is 0 Å². The third-order valence-corrected chi connectivity index (χ3v) is 9.15. The van der Waals surface area contributed by atoms with E-state index in [4.69, 9.17) is 10.7 Å². The van der Waals surface area contributed by atoms with Gasteiger partial charge in [0.2, 0.25) is 10.0 Å². The Morgan fingerprint density at radius 3 is 2.39 bits per heavy atom. The van der Waals surface area contributed by atoms with E-state index in [0.717, 1.165) is 40.8 Å². The maximum atomic E-state index is 12.7. The van der Waals surface area contributed by atoms with Crippen molar-refractivity contribution in [3.8, 4) is 11.3 Å². The molecule has 1 aliphatic heterocycles. The summed E-state index contributed by atoms with van der Waals surface area (Å²) < 4.78 is 28.1. The van der Waals surface area contributed by atoms with Crippen molar-refractivity contribution in [2.45, 2.75) is 18.8 Å². The molecule has 2 aliphatic rings. The van der Waals surface area contributed by atoms with Crippen molar-refractivity contribution in [1.82, 2.24) is 18.7 Å². The normalized spacial score (nSPS) is 21.4. The maximum Gasteiger partial charge on any atom is 0.255 e. The summed E-state index contributed by atoms with van der Waals surface area (Å²) in [5.41, 5.74) is 9.88. The number of imidazole rings is 1. The van der Waals surface area contributed by atoms with E-state index < -0.39 is 10.0 Å². The number of benzene rings is 2. The molecule has 2 fully saturated rings. The molecule has 2 atom stereocenters.